The van der Waals surface area contributed by atoms with Gasteiger partial charge in [-0.05, 0) is 19.3 Å². The first-order chi connectivity index (χ1) is 7.13. The quantitative estimate of drug-likeness (QED) is 0.421. The Kier molecular flexibility index (Phi) is 4.48. The second-order valence-corrected chi connectivity index (χ2v) is 3.66. The van der Waals surface area contributed by atoms with Crippen molar-refractivity contribution in [1.82, 2.24) is 5.32 Å². The summed E-state index contributed by atoms with van der Waals surface area (Å²) in [7, 11) is 0. The smallest absolute Gasteiger partial charge is 0.306 e. The zero-order valence-electron chi connectivity index (χ0n) is 8.77. The van der Waals surface area contributed by atoms with Crippen LogP contribution < -0.4 is 5.32 Å². The lowest BCUT2D eigenvalue weighted by molar-refractivity contribution is -0.532. The van der Waals surface area contributed by atoms with Crippen LogP contribution in [-0.2, 0) is 9.53 Å². The van der Waals surface area contributed by atoms with Crippen LogP contribution in [0.5, 0.6) is 0 Å². The summed E-state index contributed by atoms with van der Waals surface area (Å²) in [6.45, 7) is 2.67. The summed E-state index contributed by atoms with van der Waals surface area (Å²) in [6, 6.07) is 0. The number of rotatable bonds is 4. The van der Waals surface area contributed by atoms with E-state index in [0.717, 1.165) is 0 Å². The molecule has 6 nitrogen and oxygen atoms in total. The first-order valence-corrected chi connectivity index (χ1v) is 5.16. The fraction of sp³-hybridized carbons (Fsp3) is 0.889. The van der Waals surface area contributed by atoms with E-state index in [2.05, 4.69) is 5.32 Å². The number of piperidine rings is 1. The van der Waals surface area contributed by atoms with Gasteiger partial charge in [0, 0.05) is 24.3 Å². The molecule has 1 heterocycles. The molecule has 1 saturated heterocycles. The van der Waals surface area contributed by atoms with E-state index in [-0.39, 0.29) is 16.8 Å². The Morgan fingerprint density at radius 2 is 2.33 bits per heavy atom. The van der Waals surface area contributed by atoms with E-state index in [1.807, 2.05) is 0 Å². The van der Waals surface area contributed by atoms with Crippen LogP contribution in [0.4, 0.5) is 0 Å². The number of carbonyl (C=O) groups is 1. The van der Waals surface area contributed by atoms with Crippen LogP contribution in [0.15, 0.2) is 0 Å². The molecule has 1 aliphatic rings. The third-order valence-electron chi connectivity index (χ3n) is 2.51. The molecule has 15 heavy (non-hydrogen) atoms. The fourth-order valence-electron chi connectivity index (χ4n) is 1.71. The number of carbonyl (C=O) groups excluding carboxylic acids is 1. The average molecular weight is 216 g/mol. The molecule has 1 aliphatic heterocycles. The number of hydrogen-bond acceptors (Lipinski definition) is 5. The first-order valence-electron chi connectivity index (χ1n) is 5.16. The van der Waals surface area contributed by atoms with Gasteiger partial charge in [0.2, 0.25) is 0 Å². The van der Waals surface area contributed by atoms with Gasteiger partial charge in [0.25, 0.3) is 6.17 Å². The fourth-order valence-corrected chi connectivity index (χ4v) is 1.71. The molecule has 0 aliphatic carbocycles. The van der Waals surface area contributed by atoms with Gasteiger partial charge >= 0.3 is 5.97 Å². The lowest BCUT2D eigenvalue weighted by Crippen LogP contribution is -2.44. The molecule has 0 aromatic heterocycles. The van der Waals surface area contributed by atoms with E-state index in [9.17, 15) is 14.9 Å². The molecule has 1 N–H and O–H groups in total. The van der Waals surface area contributed by atoms with Crippen LogP contribution in [0.3, 0.4) is 0 Å². The summed E-state index contributed by atoms with van der Waals surface area (Å²) in [5.41, 5.74) is 0. The summed E-state index contributed by atoms with van der Waals surface area (Å²) < 4.78 is 4.82. The number of nitro groups is 1. The summed E-state index contributed by atoms with van der Waals surface area (Å²) in [5, 5.41) is 13.2. The summed E-state index contributed by atoms with van der Waals surface area (Å²) in [6.07, 6.45) is 0.892. The third kappa shape index (κ3) is 3.83. The molecule has 0 aromatic carbocycles. The van der Waals surface area contributed by atoms with E-state index < -0.39 is 6.17 Å². The van der Waals surface area contributed by atoms with E-state index in [0.29, 0.717) is 32.4 Å². The molecule has 0 bridgehead atoms. The van der Waals surface area contributed by atoms with Gasteiger partial charge in [0.15, 0.2) is 0 Å². The van der Waals surface area contributed by atoms with Gasteiger partial charge < -0.3 is 4.74 Å². The largest absolute Gasteiger partial charge is 0.466 e. The van der Waals surface area contributed by atoms with E-state index in [4.69, 9.17) is 4.74 Å². The lowest BCUT2D eigenvalue weighted by atomic mass is 9.95. The molecule has 0 amide bonds. The predicted octanol–water partition coefficient (Wildman–Crippen LogP) is 0.542. The van der Waals surface area contributed by atoms with Gasteiger partial charge in [0.1, 0.15) is 0 Å². The second kappa shape index (κ2) is 5.65. The van der Waals surface area contributed by atoms with Gasteiger partial charge in [-0.15, -0.1) is 0 Å². The van der Waals surface area contributed by atoms with Crippen LogP contribution in [0.1, 0.15) is 26.2 Å². The lowest BCUT2D eigenvalue weighted by Gasteiger charge is -2.24. The standard InChI is InChI=1S/C9H16N2O4/c1-2-15-9(12)5-7-3-4-8(10-6-7)11(13)14/h7-8,10H,2-6H2,1H3. The Bertz CT molecular complexity index is 236. The molecular formula is C9H16N2O4. The van der Waals surface area contributed by atoms with Crippen molar-refractivity contribution in [2.24, 2.45) is 5.92 Å². The zero-order valence-corrected chi connectivity index (χ0v) is 8.77. The van der Waals surface area contributed by atoms with Gasteiger partial charge in [-0.25, -0.2) is 0 Å². The normalized spacial score (nSPS) is 25.9. The maximum Gasteiger partial charge on any atom is 0.306 e. The third-order valence-corrected chi connectivity index (χ3v) is 2.51. The highest BCUT2D eigenvalue weighted by Gasteiger charge is 2.28. The van der Waals surface area contributed by atoms with Crippen molar-refractivity contribution in [3.05, 3.63) is 10.1 Å². The van der Waals surface area contributed by atoms with Gasteiger partial charge in [-0.2, -0.15) is 0 Å². The Labute approximate surface area is 88.1 Å². The maximum absolute atomic E-state index is 11.1. The molecule has 0 aromatic rings. The van der Waals surface area contributed by atoms with E-state index >= 15 is 0 Å². The molecule has 1 fully saturated rings. The average Bonchev–Trinajstić information content (AvgIpc) is 2.18. The van der Waals surface area contributed by atoms with Crippen molar-refractivity contribution in [1.29, 1.82) is 0 Å². The molecule has 0 spiro atoms. The van der Waals surface area contributed by atoms with E-state index in [1.165, 1.54) is 0 Å². The van der Waals surface area contributed by atoms with Crippen molar-refractivity contribution in [3.63, 3.8) is 0 Å². The minimum Gasteiger partial charge on any atom is -0.466 e. The molecular weight excluding hydrogens is 200 g/mol. The number of nitrogens with one attached hydrogen (secondary N) is 1. The maximum atomic E-state index is 11.1. The zero-order chi connectivity index (χ0) is 11.3. The minimum atomic E-state index is -0.650. The van der Waals surface area contributed by atoms with Crippen molar-refractivity contribution in [3.8, 4) is 0 Å². The first kappa shape index (κ1) is 11.9. The summed E-state index contributed by atoms with van der Waals surface area (Å²) in [4.78, 5) is 21.3. The molecule has 86 valence electrons. The van der Waals surface area contributed by atoms with Gasteiger partial charge in [-0.3, -0.25) is 20.2 Å². The molecule has 0 saturated carbocycles. The highest BCUT2D eigenvalue weighted by molar-refractivity contribution is 5.69. The van der Waals surface area contributed by atoms with E-state index in [1.54, 1.807) is 6.92 Å². The van der Waals surface area contributed by atoms with Gasteiger partial charge in [0.05, 0.1) is 6.61 Å². The molecule has 2 unspecified atom stereocenters. The topological polar surface area (TPSA) is 81.5 Å². The van der Waals surface area contributed by atoms with Crippen LogP contribution >= 0.6 is 0 Å². The number of esters is 1. The Morgan fingerprint density at radius 1 is 1.60 bits per heavy atom. The van der Waals surface area contributed by atoms with Crippen LogP contribution in [-0.4, -0.2) is 30.2 Å². The summed E-state index contributed by atoms with van der Waals surface area (Å²) in [5.74, 6) is -0.0518. The molecule has 6 heteroatoms. The van der Waals surface area contributed by atoms with Crippen molar-refractivity contribution < 1.29 is 14.5 Å². The Balaban J connectivity index is 2.25. The van der Waals surface area contributed by atoms with Gasteiger partial charge in [-0.1, -0.05) is 0 Å². The van der Waals surface area contributed by atoms with Crippen molar-refractivity contribution in [2.45, 2.75) is 32.4 Å². The summed E-state index contributed by atoms with van der Waals surface area (Å²) >= 11 is 0. The Morgan fingerprint density at radius 3 is 2.80 bits per heavy atom. The molecule has 2 atom stereocenters. The Hall–Kier alpha value is -1.17. The second-order valence-electron chi connectivity index (χ2n) is 3.66. The van der Waals surface area contributed by atoms with Crippen LogP contribution in [0, 0.1) is 16.0 Å². The predicted molar refractivity (Wildman–Crippen MR) is 52.8 cm³/mol. The van der Waals surface area contributed by atoms with Crippen LogP contribution in [0.25, 0.3) is 0 Å². The SMILES string of the molecule is CCOC(=O)CC1CCC([N+](=O)[O-])NC1. The molecule has 1 rings (SSSR count). The number of nitrogens with zero attached hydrogens (tertiary/aromatic N) is 1. The highest BCUT2D eigenvalue weighted by atomic mass is 16.6. The number of hydrogen-bond donors (Lipinski definition) is 1. The van der Waals surface area contributed by atoms with Crippen LogP contribution in [0.2, 0.25) is 0 Å². The molecule has 0 radical (unpaired) electrons. The monoisotopic (exact) mass is 216 g/mol. The number of ether oxygens (including phenoxy) is 1. The minimum absolute atomic E-state index is 0.167. The van der Waals surface area contributed by atoms with Crippen molar-refractivity contribution >= 4 is 5.97 Å². The van der Waals surface area contributed by atoms with Crippen molar-refractivity contribution in [2.75, 3.05) is 13.2 Å². The highest BCUT2D eigenvalue weighted by Crippen LogP contribution is 2.18.